The molecule has 0 N–H and O–H groups in total. The fourth-order valence-corrected chi connectivity index (χ4v) is 2.91. The van der Waals surface area contributed by atoms with Crippen molar-refractivity contribution in [1.29, 1.82) is 0 Å². The lowest BCUT2D eigenvalue weighted by Crippen LogP contribution is -2.39. The second-order valence-electron chi connectivity index (χ2n) is 5.96. The number of benzene rings is 1. The molecule has 126 valence electrons. The Kier molecular flexibility index (Phi) is 5.54. The first-order valence-electron chi connectivity index (χ1n) is 8.27. The number of rotatable bonds is 6. The number of nitrogens with zero attached hydrogens (tertiary/aromatic N) is 2. The third-order valence-corrected chi connectivity index (χ3v) is 4.22. The van der Waals surface area contributed by atoms with Crippen molar-refractivity contribution in [2.45, 2.75) is 31.9 Å². The first-order chi connectivity index (χ1) is 11.7. The molecule has 1 aliphatic heterocycles. The molecule has 1 saturated heterocycles. The molecule has 1 amide bonds. The number of amides is 1. The van der Waals surface area contributed by atoms with Gasteiger partial charge in [-0.2, -0.15) is 0 Å². The second kappa shape index (κ2) is 8.02. The molecule has 0 radical (unpaired) electrons. The summed E-state index contributed by atoms with van der Waals surface area (Å²) in [4.78, 5) is 18.6. The summed E-state index contributed by atoms with van der Waals surface area (Å²) in [5.74, 6) is -0.254. The van der Waals surface area contributed by atoms with Crippen LogP contribution in [-0.2, 0) is 22.5 Å². The summed E-state index contributed by atoms with van der Waals surface area (Å²) in [6.07, 6.45) is 5.22. The summed E-state index contributed by atoms with van der Waals surface area (Å²) in [6.45, 7) is 1.54. The van der Waals surface area contributed by atoms with E-state index in [9.17, 15) is 9.18 Å². The third-order valence-electron chi connectivity index (χ3n) is 4.22. The van der Waals surface area contributed by atoms with Gasteiger partial charge in [0.1, 0.15) is 11.9 Å². The van der Waals surface area contributed by atoms with Crippen LogP contribution in [0.25, 0.3) is 0 Å². The molecule has 3 rings (SSSR count). The summed E-state index contributed by atoms with van der Waals surface area (Å²) in [7, 11) is 0. The minimum Gasteiger partial charge on any atom is -0.368 e. The molecule has 0 spiro atoms. The highest BCUT2D eigenvalue weighted by molar-refractivity contribution is 5.81. The van der Waals surface area contributed by atoms with Gasteiger partial charge in [0.25, 0.3) is 5.91 Å². The Bertz CT molecular complexity index is 672. The van der Waals surface area contributed by atoms with Crippen molar-refractivity contribution in [1.82, 2.24) is 9.88 Å². The molecule has 2 aromatic rings. The highest BCUT2D eigenvalue weighted by Gasteiger charge is 2.28. The fourth-order valence-electron chi connectivity index (χ4n) is 2.91. The summed E-state index contributed by atoms with van der Waals surface area (Å²) < 4.78 is 19.4. The van der Waals surface area contributed by atoms with Gasteiger partial charge in [-0.05, 0) is 42.5 Å². The van der Waals surface area contributed by atoms with Crippen LogP contribution in [0, 0.1) is 5.82 Å². The molecule has 1 aromatic carbocycles. The molecule has 0 aliphatic carbocycles. The van der Waals surface area contributed by atoms with E-state index in [2.05, 4.69) is 4.98 Å². The topological polar surface area (TPSA) is 42.4 Å². The van der Waals surface area contributed by atoms with Gasteiger partial charge < -0.3 is 9.64 Å². The van der Waals surface area contributed by atoms with Crippen molar-refractivity contribution < 1.29 is 13.9 Å². The Morgan fingerprint density at radius 1 is 1.29 bits per heavy atom. The SMILES string of the molecule is O=C(C1CCCO1)N(CCc1ccccc1F)Cc1cccnc1. The number of hydrogen-bond acceptors (Lipinski definition) is 3. The van der Waals surface area contributed by atoms with E-state index in [-0.39, 0.29) is 17.8 Å². The van der Waals surface area contributed by atoms with Crippen molar-refractivity contribution in [3.8, 4) is 0 Å². The van der Waals surface area contributed by atoms with Gasteiger partial charge in [0.2, 0.25) is 0 Å². The normalized spacial score (nSPS) is 17.0. The van der Waals surface area contributed by atoms with Gasteiger partial charge in [-0.15, -0.1) is 0 Å². The van der Waals surface area contributed by atoms with Crippen molar-refractivity contribution >= 4 is 5.91 Å². The number of carbonyl (C=O) groups excluding carboxylic acids is 1. The Balaban J connectivity index is 1.71. The predicted octanol–water partition coefficient (Wildman–Crippen LogP) is 2.97. The van der Waals surface area contributed by atoms with Gasteiger partial charge in [0.05, 0.1) is 0 Å². The quantitative estimate of drug-likeness (QED) is 0.819. The van der Waals surface area contributed by atoms with E-state index in [0.29, 0.717) is 31.7 Å². The summed E-state index contributed by atoms with van der Waals surface area (Å²) in [5.41, 5.74) is 1.58. The molecule has 1 aromatic heterocycles. The molecular formula is C19H21FN2O2. The van der Waals surface area contributed by atoms with Crippen LogP contribution in [0.3, 0.4) is 0 Å². The zero-order valence-corrected chi connectivity index (χ0v) is 13.5. The largest absolute Gasteiger partial charge is 0.368 e. The van der Waals surface area contributed by atoms with Crippen LogP contribution in [0.2, 0.25) is 0 Å². The molecule has 1 unspecified atom stereocenters. The van der Waals surface area contributed by atoms with E-state index < -0.39 is 0 Å². The average Bonchev–Trinajstić information content (AvgIpc) is 3.15. The van der Waals surface area contributed by atoms with Crippen molar-refractivity contribution in [3.63, 3.8) is 0 Å². The first-order valence-corrected chi connectivity index (χ1v) is 8.27. The number of hydrogen-bond donors (Lipinski definition) is 0. The van der Waals surface area contributed by atoms with Crippen LogP contribution < -0.4 is 0 Å². The lowest BCUT2D eigenvalue weighted by molar-refractivity contribution is -0.141. The average molecular weight is 328 g/mol. The van der Waals surface area contributed by atoms with Gasteiger partial charge in [0.15, 0.2) is 0 Å². The summed E-state index contributed by atoms with van der Waals surface area (Å²) >= 11 is 0. The van der Waals surface area contributed by atoms with Gasteiger partial charge in [0, 0.05) is 32.1 Å². The molecule has 1 fully saturated rings. The number of carbonyl (C=O) groups is 1. The van der Waals surface area contributed by atoms with E-state index in [1.165, 1.54) is 6.07 Å². The van der Waals surface area contributed by atoms with E-state index in [4.69, 9.17) is 4.74 Å². The zero-order chi connectivity index (χ0) is 16.8. The van der Waals surface area contributed by atoms with Crippen LogP contribution in [-0.4, -0.2) is 35.0 Å². The Labute approximate surface area is 141 Å². The Hall–Kier alpha value is -2.27. The maximum Gasteiger partial charge on any atom is 0.252 e. The smallest absolute Gasteiger partial charge is 0.252 e. The van der Waals surface area contributed by atoms with Crippen LogP contribution in [0.4, 0.5) is 4.39 Å². The Morgan fingerprint density at radius 2 is 2.17 bits per heavy atom. The third kappa shape index (κ3) is 4.17. The summed E-state index contributed by atoms with van der Waals surface area (Å²) in [6, 6.07) is 10.5. The molecule has 0 bridgehead atoms. The van der Waals surface area contributed by atoms with Gasteiger partial charge in [-0.1, -0.05) is 24.3 Å². The summed E-state index contributed by atoms with van der Waals surface area (Å²) in [5, 5.41) is 0. The van der Waals surface area contributed by atoms with Gasteiger partial charge in [-0.3, -0.25) is 9.78 Å². The molecular weight excluding hydrogens is 307 g/mol. The molecule has 2 heterocycles. The number of pyridine rings is 1. The number of aromatic nitrogens is 1. The van der Waals surface area contributed by atoms with E-state index in [1.54, 1.807) is 29.4 Å². The maximum absolute atomic E-state index is 13.8. The predicted molar refractivity (Wildman–Crippen MR) is 88.7 cm³/mol. The minimum absolute atomic E-state index is 0.0207. The Morgan fingerprint density at radius 3 is 2.88 bits per heavy atom. The standard InChI is InChI=1S/C19H21FN2O2/c20-17-7-2-1-6-16(17)9-11-22(14-15-5-3-10-21-13-15)19(23)18-8-4-12-24-18/h1-3,5-7,10,13,18H,4,8-9,11-12,14H2. The molecule has 0 saturated carbocycles. The van der Waals surface area contributed by atoms with Crippen LogP contribution in [0.15, 0.2) is 48.8 Å². The molecule has 24 heavy (non-hydrogen) atoms. The lowest BCUT2D eigenvalue weighted by Gasteiger charge is -2.25. The van der Waals surface area contributed by atoms with E-state index in [1.807, 2.05) is 18.2 Å². The lowest BCUT2D eigenvalue weighted by atomic mass is 10.1. The van der Waals surface area contributed by atoms with Gasteiger partial charge >= 0.3 is 0 Å². The molecule has 5 heteroatoms. The van der Waals surface area contributed by atoms with E-state index in [0.717, 1.165) is 18.4 Å². The van der Waals surface area contributed by atoms with Crippen molar-refractivity contribution in [2.24, 2.45) is 0 Å². The molecule has 4 nitrogen and oxygen atoms in total. The van der Waals surface area contributed by atoms with Crippen molar-refractivity contribution in [2.75, 3.05) is 13.2 Å². The number of ether oxygens (including phenoxy) is 1. The number of halogens is 1. The van der Waals surface area contributed by atoms with Crippen LogP contribution in [0.5, 0.6) is 0 Å². The maximum atomic E-state index is 13.8. The van der Waals surface area contributed by atoms with Crippen LogP contribution >= 0.6 is 0 Å². The molecule has 1 aliphatic rings. The van der Waals surface area contributed by atoms with E-state index >= 15 is 0 Å². The second-order valence-corrected chi connectivity index (χ2v) is 5.96. The molecule has 1 atom stereocenters. The van der Waals surface area contributed by atoms with Crippen molar-refractivity contribution in [3.05, 3.63) is 65.7 Å². The van der Waals surface area contributed by atoms with Crippen LogP contribution in [0.1, 0.15) is 24.0 Å². The monoisotopic (exact) mass is 328 g/mol. The highest BCUT2D eigenvalue weighted by Crippen LogP contribution is 2.17. The zero-order valence-electron chi connectivity index (χ0n) is 13.5. The van der Waals surface area contributed by atoms with Gasteiger partial charge in [-0.25, -0.2) is 4.39 Å². The fraction of sp³-hybridized carbons (Fsp3) is 0.368. The minimum atomic E-state index is -0.373. The highest BCUT2D eigenvalue weighted by atomic mass is 19.1. The first kappa shape index (κ1) is 16.6.